The van der Waals surface area contributed by atoms with Gasteiger partial charge in [0.05, 0.1) is 10.9 Å². The number of sulfonamides is 1. The maximum Gasteiger partial charge on any atom is 0.241 e. The summed E-state index contributed by atoms with van der Waals surface area (Å²) >= 11 is 0. The summed E-state index contributed by atoms with van der Waals surface area (Å²) in [5.74, 6) is 0.806. The highest BCUT2D eigenvalue weighted by Crippen LogP contribution is 2.41. The quantitative estimate of drug-likeness (QED) is 0.707. The molecule has 4 rings (SSSR count). The van der Waals surface area contributed by atoms with Crippen molar-refractivity contribution < 1.29 is 23.0 Å². The molecule has 1 heterocycles. The lowest BCUT2D eigenvalue weighted by molar-refractivity contribution is 0.174. The van der Waals surface area contributed by atoms with Gasteiger partial charge in [0.1, 0.15) is 5.75 Å². The topological polar surface area (TPSA) is 84.9 Å². The number of hydrogen-bond donors (Lipinski definition) is 2. The van der Waals surface area contributed by atoms with Crippen LogP contribution in [0.25, 0.3) is 0 Å². The second-order valence-corrected chi connectivity index (χ2v) is 7.76. The second-order valence-electron chi connectivity index (χ2n) is 6.04. The Morgan fingerprint density at radius 2 is 1.48 bits per heavy atom. The third-order valence-electron chi connectivity index (χ3n) is 4.29. The van der Waals surface area contributed by atoms with Crippen molar-refractivity contribution in [1.29, 1.82) is 0 Å². The molecule has 3 aromatic rings. The zero-order chi connectivity index (χ0) is 18.9. The van der Waals surface area contributed by atoms with Gasteiger partial charge in [-0.15, -0.1) is 0 Å². The summed E-state index contributed by atoms with van der Waals surface area (Å²) in [5, 5.41) is 10.5. The largest absolute Gasteiger partial charge is 0.507 e. The average Bonchev–Trinajstić information content (AvgIpc) is 3.14. The van der Waals surface area contributed by atoms with Gasteiger partial charge in [-0.2, -0.15) is 4.72 Å². The first-order valence-corrected chi connectivity index (χ1v) is 9.78. The predicted molar refractivity (Wildman–Crippen MR) is 99.3 cm³/mol. The zero-order valence-electron chi connectivity index (χ0n) is 14.2. The molecule has 2 N–H and O–H groups in total. The third-order valence-corrected chi connectivity index (χ3v) is 5.73. The van der Waals surface area contributed by atoms with E-state index in [0.29, 0.717) is 22.6 Å². The SMILES string of the molecule is O=S(=O)(NC(c1ccccc1)c1cc2c(cc1O)OCO2)c1ccccc1. The predicted octanol–water partition coefficient (Wildman–Crippen LogP) is 3.19. The van der Waals surface area contributed by atoms with Gasteiger partial charge in [-0.3, -0.25) is 0 Å². The van der Waals surface area contributed by atoms with Gasteiger partial charge in [0, 0.05) is 11.6 Å². The lowest BCUT2D eigenvalue weighted by Crippen LogP contribution is -2.29. The lowest BCUT2D eigenvalue weighted by atomic mass is 9.98. The van der Waals surface area contributed by atoms with Gasteiger partial charge < -0.3 is 14.6 Å². The number of phenols is 1. The Hall–Kier alpha value is -3.03. The summed E-state index contributed by atoms with van der Waals surface area (Å²) in [5.41, 5.74) is 1.07. The first-order valence-electron chi connectivity index (χ1n) is 8.29. The molecule has 0 bridgehead atoms. The number of rotatable bonds is 5. The molecule has 1 atom stereocenters. The van der Waals surface area contributed by atoms with Crippen LogP contribution in [0.15, 0.2) is 77.7 Å². The van der Waals surface area contributed by atoms with E-state index in [0.717, 1.165) is 0 Å². The highest BCUT2D eigenvalue weighted by molar-refractivity contribution is 7.89. The van der Waals surface area contributed by atoms with Crippen molar-refractivity contribution in [2.45, 2.75) is 10.9 Å². The molecule has 3 aromatic carbocycles. The van der Waals surface area contributed by atoms with Gasteiger partial charge in [0.15, 0.2) is 11.5 Å². The van der Waals surface area contributed by atoms with Crippen LogP contribution in [0, 0.1) is 0 Å². The van der Waals surface area contributed by atoms with Gasteiger partial charge >= 0.3 is 0 Å². The number of benzene rings is 3. The van der Waals surface area contributed by atoms with E-state index in [4.69, 9.17) is 9.47 Å². The van der Waals surface area contributed by atoms with Crippen LogP contribution in [0.5, 0.6) is 17.2 Å². The molecule has 0 aliphatic carbocycles. The van der Waals surface area contributed by atoms with Gasteiger partial charge in [0.25, 0.3) is 0 Å². The molecule has 7 heteroatoms. The molecular weight excluding hydrogens is 366 g/mol. The first-order chi connectivity index (χ1) is 13.0. The lowest BCUT2D eigenvalue weighted by Gasteiger charge is -2.21. The molecular formula is C20H17NO5S. The van der Waals surface area contributed by atoms with Crippen molar-refractivity contribution >= 4 is 10.0 Å². The van der Waals surface area contributed by atoms with Crippen LogP contribution < -0.4 is 14.2 Å². The van der Waals surface area contributed by atoms with Crippen molar-refractivity contribution in [3.63, 3.8) is 0 Å². The minimum atomic E-state index is -3.82. The van der Waals surface area contributed by atoms with E-state index >= 15 is 0 Å². The van der Waals surface area contributed by atoms with E-state index in [9.17, 15) is 13.5 Å². The van der Waals surface area contributed by atoms with E-state index < -0.39 is 16.1 Å². The molecule has 6 nitrogen and oxygen atoms in total. The molecule has 1 aliphatic heterocycles. The first kappa shape index (κ1) is 17.4. The van der Waals surface area contributed by atoms with Crippen LogP contribution in [0.2, 0.25) is 0 Å². The monoisotopic (exact) mass is 383 g/mol. The zero-order valence-corrected chi connectivity index (χ0v) is 15.0. The summed E-state index contributed by atoms with van der Waals surface area (Å²) in [4.78, 5) is 0.145. The highest BCUT2D eigenvalue weighted by atomic mass is 32.2. The molecule has 0 saturated heterocycles. The Bertz CT molecular complexity index is 1050. The number of hydrogen-bond acceptors (Lipinski definition) is 5. The van der Waals surface area contributed by atoms with Crippen LogP contribution in [0.4, 0.5) is 0 Å². The number of aromatic hydroxyl groups is 1. The Balaban J connectivity index is 1.80. The molecule has 0 saturated carbocycles. The van der Waals surface area contributed by atoms with Crippen molar-refractivity contribution in [3.05, 3.63) is 83.9 Å². The normalized spacial score (nSPS) is 14.1. The van der Waals surface area contributed by atoms with Crippen LogP contribution in [-0.2, 0) is 10.0 Å². The minimum absolute atomic E-state index is 0.0595. The maximum absolute atomic E-state index is 12.9. The number of ether oxygens (including phenoxy) is 2. The summed E-state index contributed by atoms with van der Waals surface area (Å²) in [6.07, 6.45) is 0. The molecule has 1 unspecified atom stereocenters. The van der Waals surface area contributed by atoms with Crippen LogP contribution in [0.1, 0.15) is 17.2 Å². The summed E-state index contributed by atoms with van der Waals surface area (Å²) < 4.78 is 39.1. The number of phenolic OH excluding ortho intramolecular Hbond substituents is 1. The Morgan fingerprint density at radius 1 is 0.889 bits per heavy atom. The Kier molecular flexibility index (Phi) is 4.47. The van der Waals surface area contributed by atoms with Gasteiger partial charge in [-0.05, 0) is 23.8 Å². The van der Waals surface area contributed by atoms with E-state index in [1.54, 1.807) is 36.4 Å². The van der Waals surface area contributed by atoms with Crippen LogP contribution in [-0.4, -0.2) is 20.3 Å². The van der Waals surface area contributed by atoms with E-state index in [1.807, 2.05) is 18.2 Å². The maximum atomic E-state index is 12.9. The third kappa shape index (κ3) is 3.47. The molecule has 1 aliphatic rings. The molecule has 0 aromatic heterocycles. The van der Waals surface area contributed by atoms with Crippen molar-refractivity contribution in [2.75, 3.05) is 6.79 Å². The van der Waals surface area contributed by atoms with Crippen LogP contribution >= 0.6 is 0 Å². The summed E-state index contributed by atoms with van der Waals surface area (Å²) in [7, 11) is -3.82. The molecule has 0 radical (unpaired) electrons. The fourth-order valence-corrected chi connectivity index (χ4v) is 4.18. The molecule has 0 amide bonds. The molecule has 0 fully saturated rings. The Labute approximate surface area is 157 Å². The van der Waals surface area contributed by atoms with E-state index in [2.05, 4.69) is 4.72 Å². The van der Waals surface area contributed by atoms with Crippen molar-refractivity contribution in [3.8, 4) is 17.2 Å². The number of nitrogens with one attached hydrogen (secondary N) is 1. The standard InChI is InChI=1S/C20H17NO5S/c22-17-12-19-18(25-13-26-19)11-16(17)20(14-7-3-1-4-8-14)21-27(23,24)15-9-5-2-6-10-15/h1-12,20-22H,13H2. The van der Waals surface area contributed by atoms with Crippen LogP contribution in [0.3, 0.4) is 0 Å². The van der Waals surface area contributed by atoms with Gasteiger partial charge in [-0.25, -0.2) is 8.42 Å². The van der Waals surface area contributed by atoms with Gasteiger partial charge in [-0.1, -0.05) is 48.5 Å². The fraction of sp³-hybridized carbons (Fsp3) is 0.100. The molecule has 138 valence electrons. The summed E-state index contributed by atoms with van der Waals surface area (Å²) in [6, 6.07) is 19.4. The average molecular weight is 383 g/mol. The van der Waals surface area contributed by atoms with Crippen molar-refractivity contribution in [2.24, 2.45) is 0 Å². The fourth-order valence-electron chi connectivity index (χ4n) is 2.96. The molecule has 27 heavy (non-hydrogen) atoms. The second kappa shape index (κ2) is 6.94. The minimum Gasteiger partial charge on any atom is -0.507 e. The smallest absolute Gasteiger partial charge is 0.241 e. The highest BCUT2D eigenvalue weighted by Gasteiger charge is 2.27. The van der Waals surface area contributed by atoms with E-state index in [1.165, 1.54) is 18.2 Å². The van der Waals surface area contributed by atoms with Gasteiger partial charge in [0.2, 0.25) is 16.8 Å². The van der Waals surface area contributed by atoms with Crippen molar-refractivity contribution in [1.82, 2.24) is 4.72 Å². The summed E-state index contributed by atoms with van der Waals surface area (Å²) in [6.45, 7) is 0.0595. The molecule has 0 spiro atoms. The Morgan fingerprint density at radius 3 is 2.15 bits per heavy atom. The number of fused-ring (bicyclic) bond motifs is 1. The van der Waals surface area contributed by atoms with E-state index in [-0.39, 0.29) is 17.4 Å².